The number of thiophene rings is 1. The molecule has 0 bridgehead atoms. The molecule has 1 heterocycles. The summed E-state index contributed by atoms with van der Waals surface area (Å²) in [5.41, 5.74) is 2.34. The lowest BCUT2D eigenvalue weighted by atomic mass is 10.1. The van der Waals surface area contributed by atoms with Gasteiger partial charge in [-0.25, -0.2) is 0 Å². The molecule has 0 saturated heterocycles. The fraction of sp³-hybridized carbons (Fsp3) is 0.565. The highest BCUT2D eigenvalue weighted by Crippen LogP contribution is 2.34. The van der Waals surface area contributed by atoms with Gasteiger partial charge in [0.1, 0.15) is 12.4 Å². The van der Waals surface area contributed by atoms with Crippen LogP contribution in [0.15, 0.2) is 35.7 Å². The predicted molar refractivity (Wildman–Crippen MR) is 125 cm³/mol. The van der Waals surface area contributed by atoms with Crippen LogP contribution in [0.2, 0.25) is 0 Å². The lowest BCUT2D eigenvalue weighted by Gasteiger charge is -2.13. The third kappa shape index (κ3) is 10.1. The summed E-state index contributed by atoms with van der Waals surface area (Å²) >= 11 is 1.72. The van der Waals surface area contributed by atoms with Crippen molar-refractivity contribution in [3.63, 3.8) is 0 Å². The van der Waals surface area contributed by atoms with Gasteiger partial charge in [-0.15, -0.1) is 20.8 Å². The Balaban J connectivity index is 1.80. The molecule has 0 radical (unpaired) electrons. The van der Waals surface area contributed by atoms with Crippen molar-refractivity contribution < 1.29 is 18.7 Å². The second-order valence-electron chi connectivity index (χ2n) is 7.38. The maximum atomic E-state index is 10.5. The molecule has 0 aliphatic rings. The maximum absolute atomic E-state index is 10.5. The van der Waals surface area contributed by atoms with Crippen LogP contribution in [0.4, 0.5) is 0 Å². The van der Waals surface area contributed by atoms with E-state index < -0.39 is 8.25 Å². The molecule has 1 aromatic heterocycles. The first-order valence-electron chi connectivity index (χ1n) is 11.0. The van der Waals surface area contributed by atoms with Gasteiger partial charge in [0.15, 0.2) is 0 Å². The molecule has 2 rings (SSSR count). The van der Waals surface area contributed by atoms with Gasteiger partial charge in [-0.1, -0.05) is 57.6 Å². The topological polar surface area (TPSA) is 67.8 Å². The van der Waals surface area contributed by atoms with E-state index in [-0.39, 0.29) is 6.61 Å². The Labute approximate surface area is 185 Å². The lowest BCUT2D eigenvalue weighted by Crippen LogP contribution is -2.16. The van der Waals surface area contributed by atoms with E-state index in [0.717, 1.165) is 37.4 Å². The van der Waals surface area contributed by atoms with Crippen molar-refractivity contribution in [2.75, 3.05) is 19.8 Å². The molecule has 30 heavy (non-hydrogen) atoms. The van der Waals surface area contributed by atoms with E-state index in [2.05, 4.69) is 52.5 Å². The molecule has 7 heteroatoms. The molecule has 166 valence electrons. The maximum Gasteiger partial charge on any atom is 0.694 e. The van der Waals surface area contributed by atoms with E-state index in [9.17, 15) is 4.57 Å². The van der Waals surface area contributed by atoms with Gasteiger partial charge >= 0.3 is 8.25 Å². The van der Waals surface area contributed by atoms with Gasteiger partial charge in [0.2, 0.25) is 0 Å². The SMILES string of the molecule is CCCCCCCCCOc1ccc(CNCCCO[P+](=O)O)cc1-c1cccs1. The van der Waals surface area contributed by atoms with Crippen LogP contribution in [0.1, 0.15) is 63.9 Å². The smallest absolute Gasteiger partial charge is 0.493 e. The molecule has 2 N–H and O–H groups in total. The quantitative estimate of drug-likeness (QED) is 0.207. The number of ether oxygens (including phenoxy) is 1. The van der Waals surface area contributed by atoms with Crippen LogP contribution in [0.25, 0.3) is 10.4 Å². The largest absolute Gasteiger partial charge is 0.694 e. The van der Waals surface area contributed by atoms with Crippen molar-refractivity contribution in [3.05, 3.63) is 41.3 Å². The molecule has 5 nitrogen and oxygen atoms in total. The van der Waals surface area contributed by atoms with Crippen LogP contribution in [0, 0.1) is 0 Å². The standard InChI is InChI=1S/C23H34NO4PS/c1-2-3-4-5-6-7-8-15-27-22-13-12-20(18-21(22)23-11-9-17-30-23)19-24-14-10-16-28-29(25)26/h9,11-13,17-18,24H,2-8,10,14-16,19H2,1H3/p+1. The van der Waals surface area contributed by atoms with Gasteiger partial charge in [-0.2, -0.15) is 0 Å². The summed E-state index contributed by atoms with van der Waals surface area (Å²) in [6.07, 6.45) is 9.64. The van der Waals surface area contributed by atoms with Crippen molar-refractivity contribution in [2.45, 2.75) is 64.8 Å². The van der Waals surface area contributed by atoms with Crippen LogP contribution in [-0.2, 0) is 15.6 Å². The molecule has 0 aliphatic carbocycles. The zero-order valence-corrected chi connectivity index (χ0v) is 19.7. The Morgan fingerprint density at radius 2 is 1.83 bits per heavy atom. The van der Waals surface area contributed by atoms with Crippen molar-refractivity contribution in [2.24, 2.45) is 0 Å². The van der Waals surface area contributed by atoms with E-state index in [1.165, 1.54) is 49.0 Å². The summed E-state index contributed by atoms with van der Waals surface area (Å²) in [5.74, 6) is 0.951. The summed E-state index contributed by atoms with van der Waals surface area (Å²) in [6, 6.07) is 10.6. The Morgan fingerprint density at radius 3 is 2.57 bits per heavy atom. The number of hydrogen-bond donors (Lipinski definition) is 2. The van der Waals surface area contributed by atoms with Gasteiger partial charge in [0.05, 0.1) is 6.61 Å². The van der Waals surface area contributed by atoms with Gasteiger partial charge in [-0.05, 0) is 48.5 Å². The minimum atomic E-state index is -2.50. The molecule has 1 unspecified atom stereocenters. The highest BCUT2D eigenvalue weighted by atomic mass is 32.1. The molecule has 2 aromatic rings. The van der Waals surface area contributed by atoms with Crippen LogP contribution >= 0.6 is 19.6 Å². The fourth-order valence-corrected chi connectivity index (χ4v) is 4.28. The first kappa shape index (κ1) is 25.0. The molecule has 0 fully saturated rings. The number of benzene rings is 1. The minimum Gasteiger partial charge on any atom is -0.493 e. The van der Waals surface area contributed by atoms with Gasteiger partial charge < -0.3 is 10.1 Å². The van der Waals surface area contributed by atoms with Crippen LogP contribution in [-0.4, -0.2) is 24.7 Å². The summed E-state index contributed by atoms with van der Waals surface area (Å²) in [6.45, 7) is 4.76. The molecule has 0 saturated carbocycles. The molecule has 1 atom stereocenters. The summed E-state index contributed by atoms with van der Waals surface area (Å²) in [4.78, 5) is 9.84. The normalized spacial score (nSPS) is 11.6. The monoisotopic (exact) mass is 452 g/mol. The van der Waals surface area contributed by atoms with E-state index in [1.807, 2.05) is 0 Å². The lowest BCUT2D eigenvalue weighted by molar-refractivity contribution is 0.276. The fourth-order valence-electron chi connectivity index (χ4n) is 3.25. The predicted octanol–water partition coefficient (Wildman–Crippen LogP) is 6.69. The molecule has 0 amide bonds. The summed E-state index contributed by atoms with van der Waals surface area (Å²) in [5, 5.41) is 5.44. The molecule has 1 aromatic carbocycles. The van der Waals surface area contributed by atoms with E-state index in [0.29, 0.717) is 6.42 Å². The van der Waals surface area contributed by atoms with Crippen molar-refractivity contribution in [1.29, 1.82) is 0 Å². The van der Waals surface area contributed by atoms with Gasteiger partial charge in [0.25, 0.3) is 0 Å². The van der Waals surface area contributed by atoms with Crippen molar-refractivity contribution in [1.82, 2.24) is 5.32 Å². The van der Waals surface area contributed by atoms with Crippen molar-refractivity contribution in [3.8, 4) is 16.2 Å². The molecule has 0 spiro atoms. The number of unbranched alkanes of at least 4 members (excludes halogenated alkanes) is 6. The highest BCUT2D eigenvalue weighted by Gasteiger charge is 2.11. The molecular formula is C23H35NO4PS+. The van der Waals surface area contributed by atoms with E-state index in [4.69, 9.17) is 9.63 Å². The second-order valence-corrected chi connectivity index (χ2v) is 9.06. The van der Waals surface area contributed by atoms with Gasteiger partial charge in [0, 0.05) is 21.6 Å². The van der Waals surface area contributed by atoms with Crippen LogP contribution < -0.4 is 10.1 Å². The Kier molecular flexibility index (Phi) is 12.9. The second kappa shape index (κ2) is 15.5. The van der Waals surface area contributed by atoms with Crippen LogP contribution in [0.5, 0.6) is 5.75 Å². The molecule has 0 aliphatic heterocycles. The number of rotatable bonds is 17. The minimum absolute atomic E-state index is 0.282. The summed E-state index contributed by atoms with van der Waals surface area (Å²) < 4.78 is 21.3. The highest BCUT2D eigenvalue weighted by molar-refractivity contribution is 7.32. The first-order chi connectivity index (χ1) is 14.7. The number of nitrogens with one attached hydrogen (secondary N) is 1. The van der Waals surface area contributed by atoms with Crippen LogP contribution in [0.3, 0.4) is 0 Å². The molecular weight excluding hydrogens is 417 g/mol. The third-order valence-electron chi connectivity index (χ3n) is 4.86. The zero-order chi connectivity index (χ0) is 21.4. The Morgan fingerprint density at radius 1 is 1.03 bits per heavy atom. The average molecular weight is 453 g/mol. The average Bonchev–Trinajstić information content (AvgIpc) is 3.27. The van der Waals surface area contributed by atoms with E-state index >= 15 is 0 Å². The van der Waals surface area contributed by atoms with Gasteiger partial charge in [-0.3, -0.25) is 0 Å². The van der Waals surface area contributed by atoms with E-state index in [1.54, 1.807) is 11.3 Å². The first-order valence-corrected chi connectivity index (χ1v) is 13.0. The Hall–Kier alpha value is -1.30. The zero-order valence-electron chi connectivity index (χ0n) is 18.0. The van der Waals surface area contributed by atoms with Crippen molar-refractivity contribution >= 4 is 19.6 Å². The Bertz CT molecular complexity index is 724. The third-order valence-corrected chi connectivity index (χ3v) is 6.17. The number of hydrogen-bond acceptors (Lipinski definition) is 5. The summed E-state index contributed by atoms with van der Waals surface area (Å²) in [7, 11) is -2.50.